The lowest BCUT2D eigenvalue weighted by Crippen LogP contribution is -2.21. The van der Waals surface area contributed by atoms with Crippen LogP contribution in [0.3, 0.4) is 0 Å². The van der Waals surface area contributed by atoms with Crippen LogP contribution >= 0.6 is 0 Å². The summed E-state index contributed by atoms with van der Waals surface area (Å²) in [5, 5.41) is 0. The van der Waals surface area contributed by atoms with Crippen molar-refractivity contribution in [3.63, 3.8) is 0 Å². The molecule has 6 nitrogen and oxygen atoms in total. The standard InChI is InChI=1S/C18H18O6S/c1-3-13-9-5-7-11-15(13)17(19)23-25(21,22)24-18(20)16-12-8-6-10-14(16)4-2/h5-12H,3-4H2,1-2H3. The Bertz CT molecular complexity index is 818. The van der Waals surface area contributed by atoms with Gasteiger partial charge in [0.1, 0.15) is 0 Å². The number of carbonyl (C=O) groups is 2. The van der Waals surface area contributed by atoms with Gasteiger partial charge in [0.05, 0.1) is 11.1 Å². The summed E-state index contributed by atoms with van der Waals surface area (Å²) < 4.78 is 32.7. The number of aryl methyl sites for hydroxylation is 2. The summed E-state index contributed by atoms with van der Waals surface area (Å²) >= 11 is 0. The summed E-state index contributed by atoms with van der Waals surface area (Å²) in [6.07, 6.45) is 1.05. The van der Waals surface area contributed by atoms with Crippen molar-refractivity contribution in [1.29, 1.82) is 0 Å². The molecule has 2 aromatic rings. The molecule has 0 saturated carbocycles. The van der Waals surface area contributed by atoms with E-state index in [9.17, 15) is 18.0 Å². The first-order valence-electron chi connectivity index (χ1n) is 7.76. The van der Waals surface area contributed by atoms with E-state index in [0.717, 1.165) is 0 Å². The SMILES string of the molecule is CCc1ccccc1C(=O)OS(=O)(=O)OC(=O)c1ccccc1CC. The molecule has 0 aromatic heterocycles. The first kappa shape index (κ1) is 18.7. The fraction of sp³-hybridized carbons (Fsp3) is 0.222. The second-order valence-corrected chi connectivity index (χ2v) is 6.32. The second-order valence-electron chi connectivity index (χ2n) is 5.17. The Morgan fingerprint density at radius 2 is 1.12 bits per heavy atom. The second kappa shape index (κ2) is 7.94. The summed E-state index contributed by atoms with van der Waals surface area (Å²) in [4.78, 5) is 24.2. The van der Waals surface area contributed by atoms with Crippen molar-refractivity contribution in [1.82, 2.24) is 0 Å². The molecule has 0 fully saturated rings. The Kier molecular flexibility index (Phi) is 5.93. The number of rotatable bonds is 6. The molecular formula is C18H18O6S. The van der Waals surface area contributed by atoms with E-state index in [1.807, 2.05) is 13.8 Å². The van der Waals surface area contributed by atoms with Gasteiger partial charge in [-0.15, -0.1) is 8.42 Å². The molecule has 0 aliphatic rings. The van der Waals surface area contributed by atoms with Crippen LogP contribution in [0, 0.1) is 0 Å². The minimum atomic E-state index is -4.83. The van der Waals surface area contributed by atoms with Gasteiger partial charge in [0.2, 0.25) is 0 Å². The van der Waals surface area contributed by atoms with Gasteiger partial charge in [0, 0.05) is 0 Å². The highest BCUT2D eigenvalue weighted by atomic mass is 32.3. The Morgan fingerprint density at radius 3 is 1.48 bits per heavy atom. The zero-order valence-corrected chi connectivity index (χ0v) is 14.7. The number of benzene rings is 2. The van der Waals surface area contributed by atoms with Crippen LogP contribution in [0.1, 0.15) is 45.7 Å². The van der Waals surface area contributed by atoms with Crippen molar-refractivity contribution in [2.75, 3.05) is 0 Å². The zero-order chi connectivity index (χ0) is 18.4. The van der Waals surface area contributed by atoms with Crippen LogP contribution in [0.5, 0.6) is 0 Å². The van der Waals surface area contributed by atoms with E-state index in [1.54, 1.807) is 36.4 Å². The van der Waals surface area contributed by atoms with Crippen molar-refractivity contribution >= 4 is 22.3 Å². The monoisotopic (exact) mass is 362 g/mol. The lowest BCUT2D eigenvalue weighted by Gasteiger charge is -2.09. The van der Waals surface area contributed by atoms with Gasteiger partial charge < -0.3 is 8.37 Å². The van der Waals surface area contributed by atoms with Crippen LogP contribution in [-0.2, 0) is 31.6 Å². The van der Waals surface area contributed by atoms with Crippen LogP contribution in [0.2, 0.25) is 0 Å². The molecule has 0 atom stereocenters. The Morgan fingerprint density at radius 1 is 0.760 bits per heavy atom. The third-order valence-electron chi connectivity index (χ3n) is 3.59. The molecule has 0 saturated heterocycles. The molecule has 0 aliphatic heterocycles. The zero-order valence-electron chi connectivity index (χ0n) is 13.9. The molecule has 0 unspecified atom stereocenters. The fourth-order valence-electron chi connectivity index (χ4n) is 2.35. The lowest BCUT2D eigenvalue weighted by atomic mass is 10.1. The first-order chi connectivity index (χ1) is 11.9. The highest BCUT2D eigenvalue weighted by molar-refractivity contribution is 7.82. The van der Waals surface area contributed by atoms with Crippen molar-refractivity contribution in [3.05, 3.63) is 70.8 Å². The van der Waals surface area contributed by atoms with E-state index < -0.39 is 22.3 Å². The van der Waals surface area contributed by atoms with Crippen LogP contribution in [0.15, 0.2) is 48.5 Å². The molecule has 0 radical (unpaired) electrons. The quantitative estimate of drug-likeness (QED) is 0.785. The molecule has 7 heteroatoms. The maximum atomic E-state index is 12.1. The molecule has 0 spiro atoms. The predicted octanol–water partition coefficient (Wildman–Crippen LogP) is 3.07. The Balaban J connectivity index is 2.16. The van der Waals surface area contributed by atoms with E-state index in [4.69, 9.17) is 0 Å². The maximum Gasteiger partial charge on any atom is 0.506 e. The minimum absolute atomic E-state index is 0.110. The van der Waals surface area contributed by atoms with E-state index in [0.29, 0.717) is 24.0 Å². The van der Waals surface area contributed by atoms with Gasteiger partial charge >= 0.3 is 22.3 Å². The summed E-state index contributed by atoms with van der Waals surface area (Å²) in [6.45, 7) is 3.64. The number of carbonyl (C=O) groups excluding carboxylic acids is 2. The van der Waals surface area contributed by atoms with Crippen LogP contribution in [0.25, 0.3) is 0 Å². The third-order valence-corrected chi connectivity index (χ3v) is 4.30. The van der Waals surface area contributed by atoms with Crippen molar-refractivity contribution < 1.29 is 26.4 Å². The third kappa shape index (κ3) is 4.67. The van der Waals surface area contributed by atoms with Gasteiger partial charge in [-0.3, -0.25) is 0 Å². The van der Waals surface area contributed by atoms with E-state index in [-0.39, 0.29) is 11.1 Å². The molecule has 0 amide bonds. The van der Waals surface area contributed by atoms with Crippen molar-refractivity contribution in [3.8, 4) is 0 Å². The molecule has 0 bridgehead atoms. The molecule has 132 valence electrons. The minimum Gasteiger partial charge on any atom is -0.311 e. The largest absolute Gasteiger partial charge is 0.506 e. The van der Waals surface area contributed by atoms with Gasteiger partial charge in [-0.1, -0.05) is 50.2 Å². The van der Waals surface area contributed by atoms with Gasteiger partial charge in [-0.05, 0) is 36.1 Å². The van der Waals surface area contributed by atoms with E-state index >= 15 is 0 Å². The van der Waals surface area contributed by atoms with Gasteiger partial charge in [0.15, 0.2) is 0 Å². The number of hydrogen-bond acceptors (Lipinski definition) is 6. The average molecular weight is 362 g/mol. The fourth-order valence-corrected chi connectivity index (χ4v) is 2.93. The maximum absolute atomic E-state index is 12.1. The molecule has 0 heterocycles. The van der Waals surface area contributed by atoms with Gasteiger partial charge in [-0.2, -0.15) is 0 Å². The molecular weight excluding hydrogens is 344 g/mol. The normalized spacial score (nSPS) is 11.0. The Labute approximate surface area is 146 Å². The molecule has 0 N–H and O–H groups in total. The molecule has 2 aromatic carbocycles. The Hall–Kier alpha value is -2.67. The topological polar surface area (TPSA) is 86.7 Å². The predicted molar refractivity (Wildman–Crippen MR) is 91.4 cm³/mol. The first-order valence-corrected chi connectivity index (χ1v) is 9.09. The number of hydrogen-bond donors (Lipinski definition) is 0. The van der Waals surface area contributed by atoms with Crippen LogP contribution < -0.4 is 0 Å². The van der Waals surface area contributed by atoms with Crippen molar-refractivity contribution in [2.45, 2.75) is 26.7 Å². The highest BCUT2D eigenvalue weighted by Crippen LogP contribution is 2.16. The molecule has 2 rings (SSSR count). The van der Waals surface area contributed by atoms with E-state index in [1.165, 1.54) is 12.1 Å². The van der Waals surface area contributed by atoms with Crippen LogP contribution in [0.4, 0.5) is 0 Å². The van der Waals surface area contributed by atoms with Crippen molar-refractivity contribution in [2.24, 2.45) is 0 Å². The lowest BCUT2D eigenvalue weighted by molar-refractivity contribution is 0.0646. The average Bonchev–Trinajstić information content (AvgIpc) is 2.60. The van der Waals surface area contributed by atoms with Crippen LogP contribution in [-0.4, -0.2) is 20.4 Å². The molecule has 0 aliphatic carbocycles. The summed E-state index contributed by atoms with van der Waals surface area (Å²) in [5.41, 5.74) is 1.48. The summed E-state index contributed by atoms with van der Waals surface area (Å²) in [5.74, 6) is -2.18. The van der Waals surface area contributed by atoms with E-state index in [2.05, 4.69) is 8.37 Å². The summed E-state index contributed by atoms with van der Waals surface area (Å²) in [7, 11) is -4.83. The smallest absolute Gasteiger partial charge is 0.311 e. The highest BCUT2D eigenvalue weighted by Gasteiger charge is 2.26. The van der Waals surface area contributed by atoms with Gasteiger partial charge in [-0.25, -0.2) is 9.59 Å². The van der Waals surface area contributed by atoms with Gasteiger partial charge in [0.25, 0.3) is 0 Å². The molecule has 25 heavy (non-hydrogen) atoms. The summed E-state index contributed by atoms with van der Waals surface area (Å²) in [6, 6.07) is 12.9.